The van der Waals surface area contributed by atoms with Gasteiger partial charge in [0.25, 0.3) is 0 Å². The fourth-order valence-electron chi connectivity index (χ4n) is 0.420. The third kappa shape index (κ3) is 3.60. The van der Waals surface area contributed by atoms with Gasteiger partial charge in [-0.25, -0.2) is 4.79 Å². The molecule has 0 saturated heterocycles. The second-order valence-electron chi connectivity index (χ2n) is 1.65. The highest BCUT2D eigenvalue weighted by molar-refractivity contribution is 6.31. The lowest BCUT2D eigenvalue weighted by Gasteiger charge is -2.00. The Hall–Kier alpha value is 0.0500. The third-order valence-electron chi connectivity index (χ3n) is 0.874. The van der Waals surface area contributed by atoms with Crippen molar-refractivity contribution in [1.82, 2.24) is 0 Å². The van der Waals surface area contributed by atoms with Crippen molar-refractivity contribution in [3.05, 3.63) is 0 Å². The minimum absolute atomic E-state index is 0.569. The van der Waals surface area contributed by atoms with Crippen molar-refractivity contribution in [2.45, 2.75) is 25.1 Å². The van der Waals surface area contributed by atoms with E-state index in [0.29, 0.717) is 6.42 Å². The molecule has 0 aromatic rings. The standard InChI is InChI=1S/C5H8Cl2O2/c1-2-3-4(6)5(8)9-7/h4H,2-3H2,1H3. The first-order chi connectivity index (χ1) is 4.22. The van der Waals surface area contributed by atoms with Gasteiger partial charge in [0.05, 0.1) is 0 Å². The van der Waals surface area contributed by atoms with Crippen LogP contribution in [0.2, 0.25) is 0 Å². The number of rotatable bonds is 3. The summed E-state index contributed by atoms with van der Waals surface area (Å²) in [5, 5.41) is -0.590. The van der Waals surface area contributed by atoms with Crippen molar-refractivity contribution in [3.8, 4) is 0 Å². The van der Waals surface area contributed by atoms with E-state index >= 15 is 0 Å². The molecule has 0 fully saturated rings. The van der Waals surface area contributed by atoms with Crippen LogP contribution < -0.4 is 0 Å². The van der Waals surface area contributed by atoms with Gasteiger partial charge in [-0.2, -0.15) is 0 Å². The number of carbonyl (C=O) groups excluding carboxylic acids is 1. The molecule has 0 saturated carbocycles. The molecule has 0 aliphatic heterocycles. The molecule has 0 amide bonds. The topological polar surface area (TPSA) is 26.3 Å². The van der Waals surface area contributed by atoms with Crippen LogP contribution in [0.1, 0.15) is 19.8 Å². The molecular formula is C5H8Cl2O2. The zero-order valence-electron chi connectivity index (χ0n) is 5.06. The molecule has 0 aromatic heterocycles. The Kier molecular flexibility index (Phi) is 4.91. The van der Waals surface area contributed by atoms with Crippen molar-refractivity contribution in [3.63, 3.8) is 0 Å². The van der Waals surface area contributed by atoms with E-state index in [2.05, 4.69) is 4.29 Å². The van der Waals surface area contributed by atoms with Gasteiger partial charge in [-0.05, 0) is 6.42 Å². The summed E-state index contributed by atoms with van der Waals surface area (Å²) in [5.74, 6) is -0.569. The molecule has 0 aliphatic rings. The normalized spacial score (nSPS) is 12.8. The zero-order chi connectivity index (χ0) is 7.28. The lowest BCUT2D eigenvalue weighted by Crippen LogP contribution is -2.13. The lowest BCUT2D eigenvalue weighted by atomic mass is 10.2. The first kappa shape index (κ1) is 9.05. The van der Waals surface area contributed by atoms with Gasteiger partial charge in [0.1, 0.15) is 17.2 Å². The van der Waals surface area contributed by atoms with Crippen molar-refractivity contribution >= 4 is 29.4 Å². The minimum atomic E-state index is -0.590. The SMILES string of the molecule is CCCC(Cl)C(=O)OCl. The van der Waals surface area contributed by atoms with Gasteiger partial charge in [-0.3, -0.25) is 0 Å². The Labute approximate surface area is 64.3 Å². The van der Waals surface area contributed by atoms with Crippen LogP contribution in [0.25, 0.3) is 0 Å². The van der Waals surface area contributed by atoms with Crippen molar-refractivity contribution in [1.29, 1.82) is 0 Å². The maximum Gasteiger partial charge on any atom is 0.342 e. The van der Waals surface area contributed by atoms with Crippen molar-refractivity contribution in [2.24, 2.45) is 0 Å². The third-order valence-corrected chi connectivity index (χ3v) is 1.42. The van der Waals surface area contributed by atoms with Gasteiger partial charge in [-0.1, -0.05) is 13.3 Å². The van der Waals surface area contributed by atoms with Crippen LogP contribution in [0.4, 0.5) is 0 Å². The van der Waals surface area contributed by atoms with Gasteiger partial charge in [0.15, 0.2) is 0 Å². The minimum Gasteiger partial charge on any atom is -0.346 e. The van der Waals surface area contributed by atoms with Crippen molar-refractivity contribution in [2.75, 3.05) is 0 Å². The average Bonchev–Trinajstić information content (AvgIpc) is 1.87. The molecule has 9 heavy (non-hydrogen) atoms. The van der Waals surface area contributed by atoms with Crippen LogP contribution in [0.5, 0.6) is 0 Å². The summed E-state index contributed by atoms with van der Waals surface area (Å²) in [6.45, 7) is 1.93. The molecule has 2 nitrogen and oxygen atoms in total. The predicted molar refractivity (Wildman–Crippen MR) is 36.5 cm³/mol. The van der Waals surface area contributed by atoms with E-state index in [1.807, 2.05) is 6.92 Å². The summed E-state index contributed by atoms with van der Waals surface area (Å²) >= 11 is 10.2. The molecule has 0 N–H and O–H groups in total. The highest BCUT2D eigenvalue weighted by Crippen LogP contribution is 2.07. The second-order valence-corrected chi connectivity index (χ2v) is 2.33. The van der Waals surface area contributed by atoms with E-state index < -0.39 is 11.3 Å². The molecule has 4 heteroatoms. The Morgan fingerprint density at radius 2 is 2.33 bits per heavy atom. The summed E-state index contributed by atoms with van der Waals surface area (Å²) in [7, 11) is 0. The Morgan fingerprint density at radius 1 is 1.78 bits per heavy atom. The number of alkyl halides is 1. The summed E-state index contributed by atoms with van der Waals surface area (Å²) in [6.07, 6.45) is 1.45. The van der Waals surface area contributed by atoms with Crippen LogP contribution in [0, 0.1) is 0 Å². The van der Waals surface area contributed by atoms with Crippen LogP contribution in [0.3, 0.4) is 0 Å². The van der Waals surface area contributed by atoms with Gasteiger partial charge in [-0.15, -0.1) is 11.6 Å². The average molecular weight is 171 g/mol. The maximum atomic E-state index is 10.4. The predicted octanol–water partition coefficient (Wildman–Crippen LogP) is 2.09. The quantitative estimate of drug-likeness (QED) is 0.607. The Bertz CT molecular complexity index is 95.0. The molecule has 0 heterocycles. The van der Waals surface area contributed by atoms with Gasteiger partial charge >= 0.3 is 5.97 Å². The maximum absolute atomic E-state index is 10.4. The van der Waals surface area contributed by atoms with Gasteiger partial charge in [0, 0.05) is 0 Å². The Morgan fingerprint density at radius 3 is 2.67 bits per heavy atom. The first-order valence-corrected chi connectivity index (χ1v) is 3.43. The van der Waals surface area contributed by atoms with Gasteiger partial charge in [0.2, 0.25) is 0 Å². The summed E-state index contributed by atoms with van der Waals surface area (Å²) < 4.78 is 3.87. The first-order valence-electron chi connectivity index (χ1n) is 2.68. The van der Waals surface area contributed by atoms with E-state index in [4.69, 9.17) is 23.5 Å². The van der Waals surface area contributed by atoms with E-state index in [1.54, 1.807) is 0 Å². The van der Waals surface area contributed by atoms with E-state index in [0.717, 1.165) is 6.42 Å². The summed E-state index contributed by atoms with van der Waals surface area (Å²) in [6, 6.07) is 0. The van der Waals surface area contributed by atoms with Crippen LogP contribution in [-0.4, -0.2) is 11.3 Å². The van der Waals surface area contributed by atoms with E-state index in [9.17, 15) is 4.79 Å². The highest BCUT2D eigenvalue weighted by Gasteiger charge is 2.14. The van der Waals surface area contributed by atoms with Crippen LogP contribution in [0.15, 0.2) is 0 Å². The Balaban J connectivity index is 3.45. The number of hydrogen-bond donors (Lipinski definition) is 0. The molecule has 0 aliphatic carbocycles. The molecule has 54 valence electrons. The van der Waals surface area contributed by atoms with E-state index in [-0.39, 0.29) is 0 Å². The van der Waals surface area contributed by atoms with Crippen LogP contribution in [-0.2, 0) is 9.08 Å². The summed E-state index contributed by atoms with van der Waals surface area (Å²) in [4.78, 5) is 10.4. The zero-order valence-corrected chi connectivity index (χ0v) is 6.58. The largest absolute Gasteiger partial charge is 0.346 e. The van der Waals surface area contributed by atoms with Gasteiger partial charge < -0.3 is 4.29 Å². The molecule has 0 radical (unpaired) electrons. The number of halogens is 2. The molecule has 1 unspecified atom stereocenters. The summed E-state index contributed by atoms with van der Waals surface area (Å²) in [5.41, 5.74) is 0. The molecular weight excluding hydrogens is 163 g/mol. The lowest BCUT2D eigenvalue weighted by molar-refractivity contribution is -0.133. The van der Waals surface area contributed by atoms with Crippen LogP contribution >= 0.6 is 23.5 Å². The molecule has 0 bridgehead atoms. The molecule has 0 aromatic carbocycles. The highest BCUT2D eigenvalue weighted by atomic mass is 35.5. The fourth-order valence-corrected chi connectivity index (χ4v) is 0.836. The molecule has 1 atom stereocenters. The molecule has 0 rings (SSSR count). The molecule has 0 spiro atoms. The monoisotopic (exact) mass is 170 g/mol. The number of carbonyl (C=O) groups is 1. The van der Waals surface area contributed by atoms with Crippen molar-refractivity contribution < 1.29 is 9.08 Å². The second kappa shape index (κ2) is 4.89. The number of hydrogen-bond acceptors (Lipinski definition) is 2. The fraction of sp³-hybridized carbons (Fsp3) is 0.800. The van der Waals surface area contributed by atoms with E-state index in [1.165, 1.54) is 0 Å². The smallest absolute Gasteiger partial charge is 0.342 e.